The van der Waals surface area contributed by atoms with E-state index in [9.17, 15) is 19.2 Å². The average molecular weight is 783 g/mol. The molecule has 3 saturated carbocycles. The van der Waals surface area contributed by atoms with E-state index in [2.05, 4.69) is 20.8 Å². The predicted octanol–water partition coefficient (Wildman–Crippen LogP) is 7.61. The molecule has 0 N–H and O–H groups in total. The average Bonchev–Trinajstić information content (AvgIpc) is 3.62. The number of aryl methyl sites for hydroxylation is 1. The summed E-state index contributed by atoms with van der Waals surface area (Å²) in [6, 6.07) is 3.23. The number of hydrogen-bond donors (Lipinski definition) is 0. The van der Waals surface area contributed by atoms with Gasteiger partial charge in [0, 0.05) is 19.0 Å². The normalized spacial score (nSPS) is 27.2. The maximum absolute atomic E-state index is 14.0. The van der Waals surface area contributed by atoms with Crippen molar-refractivity contribution < 1.29 is 52.2 Å². The molecule has 3 aliphatic carbocycles. The fourth-order valence-corrected chi connectivity index (χ4v) is 9.08. The van der Waals surface area contributed by atoms with Crippen molar-refractivity contribution in [2.75, 3.05) is 19.6 Å². The zero-order valence-corrected chi connectivity index (χ0v) is 35.6. The van der Waals surface area contributed by atoms with Gasteiger partial charge in [-0.25, -0.2) is 14.4 Å². The number of esters is 1. The maximum Gasteiger partial charge on any atom is 0.514 e. The van der Waals surface area contributed by atoms with Gasteiger partial charge in [-0.2, -0.15) is 0 Å². The van der Waals surface area contributed by atoms with E-state index in [1.807, 2.05) is 20.8 Å². The van der Waals surface area contributed by atoms with Crippen molar-refractivity contribution in [3.05, 3.63) is 23.3 Å². The highest BCUT2D eigenvalue weighted by Gasteiger charge is 2.67. The molecule has 0 radical (unpaired) electrons. The number of amides is 2. The van der Waals surface area contributed by atoms with Crippen molar-refractivity contribution in [1.82, 2.24) is 9.80 Å². The Morgan fingerprint density at radius 1 is 0.893 bits per heavy atom. The van der Waals surface area contributed by atoms with Crippen LogP contribution in [0.25, 0.3) is 0 Å². The molecule has 1 aromatic rings. The molecule has 0 aromatic heterocycles. The summed E-state index contributed by atoms with van der Waals surface area (Å²) in [6.45, 7) is 23.9. The van der Waals surface area contributed by atoms with Gasteiger partial charge in [0.25, 0.3) is 0 Å². The lowest BCUT2D eigenvalue weighted by atomic mass is 9.43. The van der Waals surface area contributed by atoms with Crippen LogP contribution in [0.4, 0.5) is 9.59 Å². The van der Waals surface area contributed by atoms with Crippen LogP contribution in [0.1, 0.15) is 131 Å². The van der Waals surface area contributed by atoms with Crippen LogP contribution in [0.15, 0.2) is 12.1 Å². The van der Waals surface area contributed by atoms with Gasteiger partial charge in [0.1, 0.15) is 34.2 Å². The van der Waals surface area contributed by atoms with E-state index < -0.39 is 48.2 Å². The third kappa shape index (κ3) is 9.11. The highest BCUT2D eigenvalue weighted by atomic mass is 16.7. The van der Waals surface area contributed by atoms with Gasteiger partial charge >= 0.3 is 25.3 Å². The third-order valence-electron chi connectivity index (χ3n) is 11.9. The Kier molecular flexibility index (Phi) is 11.3. The van der Waals surface area contributed by atoms with Crippen molar-refractivity contribution in [3.63, 3.8) is 0 Å². The fourth-order valence-electron chi connectivity index (χ4n) is 9.08. The molecular weight excluding hydrogens is 719 g/mol. The molecular formula is C42H63BN2O11. The summed E-state index contributed by atoms with van der Waals surface area (Å²) in [7, 11) is -0.464. The van der Waals surface area contributed by atoms with Gasteiger partial charge in [-0.15, -0.1) is 0 Å². The summed E-state index contributed by atoms with van der Waals surface area (Å²) in [5.74, 6) is 0.377. The van der Waals surface area contributed by atoms with Gasteiger partial charge in [-0.1, -0.05) is 19.9 Å². The van der Waals surface area contributed by atoms with E-state index in [1.54, 1.807) is 63.5 Å². The SMILES string of the molecule is CC(C)(C)OC(=O)Oc1c(CCB2O[C@@H]3C[C@@H]4C[C@@H](C4(C)C)[C@]3(C)O2)ccc(OC2CN(C(=O)CC3CCCN3C(=O)OC(C)(C)C)C2)c1C(=O)OC(C)(C)C. The van der Waals surface area contributed by atoms with E-state index in [-0.39, 0.29) is 65.6 Å². The van der Waals surface area contributed by atoms with Crippen molar-refractivity contribution in [2.24, 2.45) is 17.3 Å². The first-order chi connectivity index (χ1) is 25.8. The molecule has 6 aliphatic rings. The summed E-state index contributed by atoms with van der Waals surface area (Å²) >= 11 is 0. The van der Waals surface area contributed by atoms with Crippen molar-refractivity contribution in [3.8, 4) is 11.5 Å². The second-order valence-electron chi connectivity index (χ2n) is 20.1. The van der Waals surface area contributed by atoms with Gasteiger partial charge in [0.15, 0.2) is 5.75 Å². The van der Waals surface area contributed by atoms with Crippen LogP contribution in [-0.2, 0) is 34.7 Å². The number of carbonyl (C=O) groups is 4. The third-order valence-corrected chi connectivity index (χ3v) is 11.9. The first-order valence-electron chi connectivity index (χ1n) is 20.4. The lowest BCUT2D eigenvalue weighted by Crippen LogP contribution is -2.65. The Hall–Kier alpha value is -3.52. The lowest BCUT2D eigenvalue weighted by molar-refractivity contribution is -0.199. The van der Waals surface area contributed by atoms with E-state index in [1.165, 1.54) is 0 Å². The monoisotopic (exact) mass is 782 g/mol. The van der Waals surface area contributed by atoms with Gasteiger partial charge in [-0.3, -0.25) is 4.79 Å². The molecule has 3 saturated heterocycles. The second-order valence-corrected chi connectivity index (χ2v) is 20.1. The maximum atomic E-state index is 14.0. The van der Waals surface area contributed by atoms with E-state index in [0.717, 1.165) is 25.7 Å². The molecule has 2 bridgehead atoms. The molecule has 310 valence electrons. The summed E-state index contributed by atoms with van der Waals surface area (Å²) in [5.41, 5.74) is -1.98. The Labute approximate surface area is 332 Å². The molecule has 3 heterocycles. The van der Waals surface area contributed by atoms with Crippen molar-refractivity contribution in [2.45, 2.75) is 169 Å². The molecule has 5 atom stereocenters. The van der Waals surface area contributed by atoms with Gasteiger partial charge in [-0.05, 0) is 137 Å². The molecule has 6 fully saturated rings. The quantitative estimate of drug-likeness (QED) is 0.106. The number of carbonyl (C=O) groups excluding carboxylic acids is 4. The van der Waals surface area contributed by atoms with E-state index >= 15 is 0 Å². The van der Waals surface area contributed by atoms with Crippen LogP contribution in [0.3, 0.4) is 0 Å². The molecule has 14 heteroatoms. The number of ether oxygens (including phenoxy) is 5. The molecule has 0 spiro atoms. The summed E-state index contributed by atoms with van der Waals surface area (Å²) in [4.78, 5) is 56.8. The van der Waals surface area contributed by atoms with Crippen LogP contribution in [0, 0.1) is 17.3 Å². The summed E-state index contributed by atoms with van der Waals surface area (Å²) < 4.78 is 42.4. The van der Waals surface area contributed by atoms with Crippen molar-refractivity contribution >= 4 is 31.2 Å². The number of hydrogen-bond acceptors (Lipinski definition) is 11. The van der Waals surface area contributed by atoms with Crippen molar-refractivity contribution in [1.29, 1.82) is 0 Å². The number of benzene rings is 1. The number of nitrogens with zero attached hydrogens (tertiary/aromatic N) is 2. The first-order valence-corrected chi connectivity index (χ1v) is 20.4. The molecule has 1 aromatic carbocycles. The second kappa shape index (κ2) is 15.0. The van der Waals surface area contributed by atoms with E-state index in [0.29, 0.717) is 36.7 Å². The molecule has 56 heavy (non-hydrogen) atoms. The standard InChI is InChI=1S/C42H63BN2O11/c1-38(2,3)52-35(47)33-29(50-28-23-44(24-28)32(46)22-27-14-13-19-45(27)36(48)53-39(4,5)6)16-15-25(34(33)51-37(49)54-40(7,8)9)17-18-43-55-31-21-26-20-30(41(26,10)11)42(31,12)56-43/h15-16,26-28,30-31H,13-14,17-24H2,1-12H3/t26-,27?,30-,31+,42-/m0/s1. The number of likely N-dealkylation sites (tertiary alicyclic amines) is 2. The summed E-state index contributed by atoms with van der Waals surface area (Å²) in [5, 5.41) is 0. The molecule has 13 nitrogen and oxygen atoms in total. The van der Waals surface area contributed by atoms with Crippen LogP contribution in [-0.4, -0.2) is 101 Å². The first kappa shape index (κ1) is 42.1. The Morgan fingerprint density at radius 3 is 2.18 bits per heavy atom. The van der Waals surface area contributed by atoms with Gasteiger partial charge in [0.05, 0.1) is 24.8 Å². The molecule has 2 amide bonds. The Bertz CT molecular complexity index is 1690. The zero-order chi connectivity index (χ0) is 41.2. The number of rotatable bonds is 9. The largest absolute Gasteiger partial charge is 0.514 e. The van der Waals surface area contributed by atoms with Crippen LogP contribution in [0.5, 0.6) is 11.5 Å². The predicted molar refractivity (Wildman–Crippen MR) is 209 cm³/mol. The fraction of sp³-hybridized carbons (Fsp3) is 0.762. The molecule has 7 rings (SSSR count). The molecule has 1 unspecified atom stereocenters. The van der Waals surface area contributed by atoms with Gasteiger partial charge < -0.3 is 42.8 Å². The molecule has 3 aliphatic heterocycles. The van der Waals surface area contributed by atoms with E-state index in [4.69, 9.17) is 33.0 Å². The minimum atomic E-state index is -0.970. The zero-order valence-electron chi connectivity index (χ0n) is 35.6. The minimum absolute atomic E-state index is 0.00765. The minimum Gasteiger partial charge on any atom is -0.486 e. The Balaban J connectivity index is 1.19. The van der Waals surface area contributed by atoms with Gasteiger partial charge in [0.2, 0.25) is 5.91 Å². The summed E-state index contributed by atoms with van der Waals surface area (Å²) in [6.07, 6.45) is 2.86. The highest BCUT2D eigenvalue weighted by molar-refractivity contribution is 6.45. The Morgan fingerprint density at radius 2 is 1.55 bits per heavy atom. The lowest BCUT2D eigenvalue weighted by Gasteiger charge is -2.64. The van der Waals surface area contributed by atoms with Crippen LogP contribution < -0.4 is 9.47 Å². The topological polar surface area (TPSA) is 139 Å². The smallest absolute Gasteiger partial charge is 0.486 e. The highest BCUT2D eigenvalue weighted by Crippen LogP contribution is 2.65. The van der Waals surface area contributed by atoms with Crippen LogP contribution in [0.2, 0.25) is 6.32 Å². The van der Waals surface area contributed by atoms with Crippen LogP contribution >= 0.6 is 0 Å².